The third kappa shape index (κ3) is 2.78. The molecule has 0 fully saturated rings. The van der Waals surface area contributed by atoms with Gasteiger partial charge in [-0.05, 0) is 29.3 Å². The average molecular weight is 264 g/mol. The lowest BCUT2D eigenvalue weighted by molar-refractivity contribution is 0.282. The molecule has 0 radical (unpaired) electrons. The number of benzene rings is 2. The number of hydrogen-bond donors (Lipinski definition) is 2. The van der Waals surface area contributed by atoms with Crippen molar-refractivity contribution in [2.24, 2.45) is 0 Å². The Morgan fingerprint density at radius 1 is 0.850 bits per heavy atom. The maximum atomic E-state index is 9.01. The van der Waals surface area contributed by atoms with E-state index in [9.17, 15) is 0 Å². The Kier molecular flexibility index (Phi) is 3.61. The average Bonchev–Trinajstić information content (AvgIpc) is 2.53. The number of nitrogens with one attached hydrogen (secondary N) is 1. The van der Waals surface area contributed by atoms with Gasteiger partial charge in [-0.15, -0.1) is 0 Å². The van der Waals surface area contributed by atoms with Crippen LogP contribution < -0.4 is 5.32 Å². The summed E-state index contributed by atoms with van der Waals surface area (Å²) in [5, 5.41) is 13.5. The number of anilines is 1. The lowest BCUT2D eigenvalue weighted by Gasteiger charge is -2.07. The maximum absolute atomic E-state index is 9.01. The first-order chi connectivity index (χ1) is 9.85. The minimum absolute atomic E-state index is 0.0833. The summed E-state index contributed by atoms with van der Waals surface area (Å²) in [6, 6.07) is 20.0. The van der Waals surface area contributed by atoms with E-state index in [-0.39, 0.29) is 6.61 Å². The molecule has 0 aliphatic carbocycles. The molecule has 0 amide bonds. The molecular formula is C17H16N2O. The maximum Gasteiger partial charge on any atom is 0.126 e. The Balaban J connectivity index is 1.72. The summed E-state index contributed by atoms with van der Waals surface area (Å²) in [6.07, 6.45) is 0. The van der Waals surface area contributed by atoms with Crippen molar-refractivity contribution < 1.29 is 5.11 Å². The van der Waals surface area contributed by atoms with Gasteiger partial charge in [0, 0.05) is 11.9 Å². The van der Waals surface area contributed by atoms with E-state index in [0.717, 1.165) is 34.4 Å². The highest BCUT2D eigenvalue weighted by atomic mass is 16.3. The topological polar surface area (TPSA) is 45.1 Å². The third-order valence-corrected chi connectivity index (χ3v) is 3.28. The highest BCUT2D eigenvalue weighted by Gasteiger charge is 1.98. The zero-order valence-electron chi connectivity index (χ0n) is 11.1. The van der Waals surface area contributed by atoms with Crippen molar-refractivity contribution in [3.63, 3.8) is 0 Å². The second kappa shape index (κ2) is 5.72. The molecule has 100 valence electrons. The van der Waals surface area contributed by atoms with Crippen LogP contribution in [0.5, 0.6) is 0 Å². The van der Waals surface area contributed by atoms with Gasteiger partial charge in [-0.25, -0.2) is 4.98 Å². The monoisotopic (exact) mass is 264 g/mol. The second-order valence-corrected chi connectivity index (χ2v) is 4.72. The fraction of sp³-hybridized carbons (Fsp3) is 0.118. The van der Waals surface area contributed by atoms with E-state index in [4.69, 9.17) is 5.11 Å². The standard InChI is InChI=1S/C17H16N2O/c20-12-14-7-5-13(6-8-14)11-18-17-10-9-15-3-1-2-4-16(15)19-17/h1-10,20H,11-12H2,(H,18,19). The molecule has 3 rings (SSSR count). The number of aromatic nitrogens is 1. The fourth-order valence-corrected chi connectivity index (χ4v) is 2.12. The number of hydrogen-bond acceptors (Lipinski definition) is 3. The molecule has 0 spiro atoms. The molecular weight excluding hydrogens is 248 g/mol. The van der Waals surface area contributed by atoms with E-state index >= 15 is 0 Å². The molecule has 0 unspecified atom stereocenters. The highest BCUT2D eigenvalue weighted by molar-refractivity contribution is 5.80. The molecule has 0 saturated heterocycles. The first-order valence-corrected chi connectivity index (χ1v) is 6.63. The van der Waals surface area contributed by atoms with Crippen molar-refractivity contribution in [3.05, 3.63) is 71.8 Å². The van der Waals surface area contributed by atoms with Crippen molar-refractivity contribution in [3.8, 4) is 0 Å². The number of rotatable bonds is 4. The molecule has 0 bridgehead atoms. The molecule has 0 aliphatic rings. The number of pyridine rings is 1. The third-order valence-electron chi connectivity index (χ3n) is 3.28. The molecule has 0 atom stereocenters. The van der Waals surface area contributed by atoms with E-state index in [2.05, 4.69) is 22.4 Å². The molecule has 3 aromatic rings. The van der Waals surface area contributed by atoms with Crippen molar-refractivity contribution in [2.75, 3.05) is 5.32 Å². The molecule has 20 heavy (non-hydrogen) atoms. The number of fused-ring (bicyclic) bond motifs is 1. The molecule has 3 nitrogen and oxygen atoms in total. The van der Waals surface area contributed by atoms with Crippen molar-refractivity contribution in [1.29, 1.82) is 0 Å². The van der Waals surface area contributed by atoms with Gasteiger partial charge < -0.3 is 10.4 Å². The van der Waals surface area contributed by atoms with Crippen LogP contribution >= 0.6 is 0 Å². The molecule has 1 heterocycles. The number of nitrogens with zero attached hydrogens (tertiary/aromatic N) is 1. The van der Waals surface area contributed by atoms with Crippen molar-refractivity contribution in [1.82, 2.24) is 4.98 Å². The SMILES string of the molecule is OCc1ccc(CNc2ccc3ccccc3n2)cc1. The van der Waals surface area contributed by atoms with Gasteiger partial charge in [0.2, 0.25) is 0 Å². The Morgan fingerprint density at radius 2 is 1.60 bits per heavy atom. The smallest absolute Gasteiger partial charge is 0.126 e. The predicted molar refractivity (Wildman–Crippen MR) is 81.4 cm³/mol. The van der Waals surface area contributed by atoms with E-state index in [0.29, 0.717) is 0 Å². The molecule has 2 aromatic carbocycles. The fourth-order valence-electron chi connectivity index (χ4n) is 2.12. The van der Waals surface area contributed by atoms with Gasteiger partial charge in [0.05, 0.1) is 12.1 Å². The Bertz CT molecular complexity index is 708. The Labute approximate surface area is 117 Å². The van der Waals surface area contributed by atoms with Gasteiger partial charge in [-0.2, -0.15) is 0 Å². The lowest BCUT2D eigenvalue weighted by Crippen LogP contribution is -2.01. The second-order valence-electron chi connectivity index (χ2n) is 4.72. The first kappa shape index (κ1) is 12.6. The van der Waals surface area contributed by atoms with Gasteiger partial charge >= 0.3 is 0 Å². The number of para-hydroxylation sites is 1. The largest absolute Gasteiger partial charge is 0.392 e. The minimum atomic E-state index is 0.0833. The van der Waals surface area contributed by atoms with Crippen LogP contribution in [0.1, 0.15) is 11.1 Å². The van der Waals surface area contributed by atoms with Crippen LogP contribution in [0.15, 0.2) is 60.7 Å². The molecule has 0 saturated carbocycles. The van der Waals surface area contributed by atoms with E-state index in [1.54, 1.807) is 0 Å². The molecule has 1 aromatic heterocycles. The zero-order valence-corrected chi connectivity index (χ0v) is 11.1. The summed E-state index contributed by atoms with van der Waals surface area (Å²) >= 11 is 0. The van der Waals surface area contributed by atoms with Crippen LogP contribution in [-0.4, -0.2) is 10.1 Å². The summed E-state index contributed by atoms with van der Waals surface area (Å²) in [5.41, 5.74) is 3.09. The molecule has 3 heteroatoms. The predicted octanol–water partition coefficient (Wildman–Crippen LogP) is 3.34. The Morgan fingerprint density at radius 3 is 2.40 bits per heavy atom. The highest BCUT2D eigenvalue weighted by Crippen LogP contribution is 2.15. The summed E-state index contributed by atoms with van der Waals surface area (Å²) in [6.45, 7) is 0.803. The normalized spacial score (nSPS) is 10.7. The van der Waals surface area contributed by atoms with Gasteiger partial charge in [0.15, 0.2) is 0 Å². The van der Waals surface area contributed by atoms with Gasteiger partial charge in [0.1, 0.15) is 5.82 Å². The number of aliphatic hydroxyl groups is 1. The van der Waals surface area contributed by atoms with E-state index in [1.165, 1.54) is 0 Å². The van der Waals surface area contributed by atoms with Gasteiger partial charge in [-0.1, -0.05) is 42.5 Å². The quantitative estimate of drug-likeness (QED) is 0.759. The van der Waals surface area contributed by atoms with Crippen LogP contribution in [0.2, 0.25) is 0 Å². The van der Waals surface area contributed by atoms with E-state index < -0.39 is 0 Å². The summed E-state index contributed by atoms with van der Waals surface area (Å²) in [4.78, 5) is 4.57. The Hall–Kier alpha value is -2.39. The van der Waals surface area contributed by atoms with Gasteiger partial charge in [0.25, 0.3) is 0 Å². The lowest BCUT2D eigenvalue weighted by atomic mass is 10.1. The summed E-state index contributed by atoms with van der Waals surface area (Å²) in [7, 11) is 0. The first-order valence-electron chi connectivity index (χ1n) is 6.63. The van der Waals surface area contributed by atoms with Crippen LogP contribution in [-0.2, 0) is 13.2 Å². The van der Waals surface area contributed by atoms with Crippen LogP contribution in [0.25, 0.3) is 10.9 Å². The van der Waals surface area contributed by atoms with Crippen molar-refractivity contribution >= 4 is 16.7 Å². The summed E-state index contributed by atoms with van der Waals surface area (Å²) in [5.74, 6) is 0.870. The van der Waals surface area contributed by atoms with Gasteiger partial charge in [-0.3, -0.25) is 0 Å². The molecule has 0 aliphatic heterocycles. The van der Waals surface area contributed by atoms with Crippen LogP contribution in [0.4, 0.5) is 5.82 Å². The van der Waals surface area contributed by atoms with Crippen molar-refractivity contribution in [2.45, 2.75) is 13.2 Å². The van der Waals surface area contributed by atoms with E-state index in [1.807, 2.05) is 48.5 Å². The van der Waals surface area contributed by atoms with Crippen LogP contribution in [0, 0.1) is 0 Å². The molecule has 2 N–H and O–H groups in total. The minimum Gasteiger partial charge on any atom is -0.392 e. The summed E-state index contributed by atoms with van der Waals surface area (Å²) < 4.78 is 0. The zero-order chi connectivity index (χ0) is 13.8. The number of aliphatic hydroxyl groups excluding tert-OH is 1. The van der Waals surface area contributed by atoms with Crippen LogP contribution in [0.3, 0.4) is 0 Å².